The smallest absolute Gasteiger partial charge is 0.137 e. The lowest BCUT2D eigenvalue weighted by atomic mass is 10.6. The molecule has 0 fully saturated rings. The molecule has 0 saturated carbocycles. The second-order valence-electron chi connectivity index (χ2n) is 3.31. The van der Waals surface area contributed by atoms with E-state index in [0.29, 0.717) is 9.83 Å². The third-order valence-electron chi connectivity index (χ3n) is 1.75. The molecule has 0 N–H and O–H groups in total. The van der Waals surface area contributed by atoms with Crippen molar-refractivity contribution >= 4 is 40.1 Å². The normalized spacial score (nSPS) is 13.0. The average molecular weight is 251 g/mol. The number of thiocarbonyl (C=S) groups is 1. The molecule has 0 aromatic rings. The fourth-order valence-corrected chi connectivity index (χ4v) is 4.60. The molecule has 0 radical (unpaired) electrons. The van der Waals surface area contributed by atoms with Gasteiger partial charge in [-0.15, -0.1) is 11.8 Å². The van der Waals surface area contributed by atoms with Crippen LogP contribution in [0.25, 0.3) is 0 Å². The van der Waals surface area contributed by atoms with Crippen LogP contribution in [0.3, 0.4) is 0 Å². The minimum atomic E-state index is 0.558. The van der Waals surface area contributed by atoms with E-state index in [2.05, 4.69) is 39.5 Å². The van der Waals surface area contributed by atoms with Crippen LogP contribution in [0.15, 0.2) is 0 Å². The van der Waals surface area contributed by atoms with Gasteiger partial charge in [0.05, 0.1) is 4.58 Å². The summed E-state index contributed by atoms with van der Waals surface area (Å²) in [4.78, 5) is 2.23. The zero-order chi connectivity index (χ0) is 11.1. The number of hydrogen-bond acceptors (Lipinski definition) is 3. The van der Waals surface area contributed by atoms with Crippen LogP contribution in [-0.4, -0.2) is 32.1 Å². The van der Waals surface area contributed by atoms with E-state index in [1.165, 1.54) is 0 Å². The van der Waals surface area contributed by atoms with Crippen LogP contribution in [0.2, 0.25) is 0 Å². The lowest BCUT2D eigenvalue weighted by Crippen LogP contribution is -2.27. The summed E-state index contributed by atoms with van der Waals surface area (Å²) < 4.78 is 1.60. The molecule has 0 heterocycles. The molecule has 4 heteroatoms. The van der Waals surface area contributed by atoms with Crippen molar-refractivity contribution in [3.8, 4) is 0 Å². The van der Waals surface area contributed by atoms with Gasteiger partial charge in [0.15, 0.2) is 0 Å². The molecule has 0 rings (SSSR count). The van der Waals surface area contributed by atoms with Crippen LogP contribution in [0.4, 0.5) is 0 Å². The first kappa shape index (κ1) is 14.6. The summed E-state index contributed by atoms with van der Waals surface area (Å²) in [6, 6.07) is 0. The summed E-state index contributed by atoms with van der Waals surface area (Å²) in [7, 11) is 0. The summed E-state index contributed by atoms with van der Waals surface area (Å²) in [5.41, 5.74) is 0. The molecule has 84 valence electrons. The Kier molecular flexibility index (Phi) is 8.16. The van der Waals surface area contributed by atoms with Crippen molar-refractivity contribution in [3.63, 3.8) is 0 Å². The molecule has 0 aromatic heterocycles. The van der Waals surface area contributed by atoms with Gasteiger partial charge in [-0.25, -0.2) is 0 Å². The highest BCUT2D eigenvalue weighted by Gasteiger charge is 2.12. The largest absolute Gasteiger partial charge is 0.358 e. The maximum absolute atomic E-state index is 5.38. The SMILES string of the molecule is CCN(CC)C(=S)SC(C)SC(C)C. The van der Waals surface area contributed by atoms with Gasteiger partial charge in [0.2, 0.25) is 0 Å². The van der Waals surface area contributed by atoms with E-state index in [4.69, 9.17) is 12.2 Å². The molecule has 0 aliphatic heterocycles. The molecule has 0 amide bonds. The number of hydrogen-bond donors (Lipinski definition) is 0. The molecule has 1 atom stereocenters. The van der Waals surface area contributed by atoms with E-state index in [0.717, 1.165) is 17.4 Å². The summed E-state index contributed by atoms with van der Waals surface area (Å²) in [5.74, 6) is 0. The Morgan fingerprint density at radius 3 is 2.07 bits per heavy atom. The fourth-order valence-electron chi connectivity index (χ4n) is 1.11. The monoisotopic (exact) mass is 251 g/mol. The zero-order valence-corrected chi connectivity index (χ0v) is 12.2. The van der Waals surface area contributed by atoms with Crippen molar-refractivity contribution in [1.29, 1.82) is 0 Å². The van der Waals surface area contributed by atoms with Gasteiger partial charge < -0.3 is 4.90 Å². The third-order valence-corrected chi connectivity index (χ3v) is 4.64. The predicted molar refractivity (Wildman–Crippen MR) is 75.3 cm³/mol. The van der Waals surface area contributed by atoms with Crippen molar-refractivity contribution in [2.45, 2.75) is 44.5 Å². The molecule has 0 aliphatic rings. The summed E-state index contributed by atoms with van der Waals surface area (Å²) >= 11 is 9.15. The lowest BCUT2D eigenvalue weighted by molar-refractivity contribution is 0.482. The first-order chi connectivity index (χ1) is 6.51. The van der Waals surface area contributed by atoms with Crippen LogP contribution in [-0.2, 0) is 0 Å². The molecule has 1 nitrogen and oxygen atoms in total. The Hall–Kier alpha value is 0.590. The first-order valence-corrected chi connectivity index (χ1v) is 7.35. The molecule has 0 spiro atoms. The lowest BCUT2D eigenvalue weighted by Gasteiger charge is -2.23. The number of rotatable bonds is 5. The van der Waals surface area contributed by atoms with Gasteiger partial charge in [-0.2, -0.15) is 0 Å². The fraction of sp³-hybridized carbons (Fsp3) is 0.900. The van der Waals surface area contributed by atoms with Gasteiger partial charge in [0, 0.05) is 18.3 Å². The molecule has 0 saturated heterocycles. The molecule has 0 bridgehead atoms. The standard InChI is InChI=1S/C10H21NS3/c1-6-11(7-2)10(12)14-9(5)13-8(3)4/h8-9H,6-7H2,1-5H3. The van der Waals surface area contributed by atoms with Gasteiger partial charge in [0.1, 0.15) is 4.32 Å². The first-order valence-electron chi connectivity index (χ1n) is 5.12. The Morgan fingerprint density at radius 1 is 1.21 bits per heavy atom. The van der Waals surface area contributed by atoms with Crippen molar-refractivity contribution in [2.75, 3.05) is 13.1 Å². The highest BCUT2D eigenvalue weighted by molar-refractivity contribution is 8.30. The minimum absolute atomic E-state index is 0.558. The Balaban J connectivity index is 3.91. The van der Waals surface area contributed by atoms with Crippen LogP contribution in [0.1, 0.15) is 34.6 Å². The molecular formula is C10H21NS3. The summed E-state index contributed by atoms with van der Waals surface area (Å²) in [6.07, 6.45) is 0. The van der Waals surface area contributed by atoms with E-state index < -0.39 is 0 Å². The minimum Gasteiger partial charge on any atom is -0.358 e. The van der Waals surface area contributed by atoms with Crippen LogP contribution < -0.4 is 0 Å². The molecule has 0 aromatic carbocycles. The second kappa shape index (κ2) is 7.83. The van der Waals surface area contributed by atoms with Gasteiger partial charge in [-0.05, 0) is 20.8 Å². The number of thioether (sulfide) groups is 2. The average Bonchev–Trinajstić information content (AvgIpc) is 2.04. The number of nitrogens with zero attached hydrogens (tertiary/aromatic N) is 1. The highest BCUT2D eigenvalue weighted by atomic mass is 32.2. The Morgan fingerprint density at radius 2 is 1.71 bits per heavy atom. The van der Waals surface area contributed by atoms with E-state index in [9.17, 15) is 0 Å². The van der Waals surface area contributed by atoms with E-state index in [-0.39, 0.29) is 0 Å². The van der Waals surface area contributed by atoms with Gasteiger partial charge >= 0.3 is 0 Å². The van der Waals surface area contributed by atoms with Crippen molar-refractivity contribution < 1.29 is 0 Å². The molecular weight excluding hydrogens is 230 g/mol. The summed E-state index contributed by atoms with van der Waals surface area (Å²) in [5, 5.41) is 0.678. The van der Waals surface area contributed by atoms with Crippen molar-refractivity contribution in [3.05, 3.63) is 0 Å². The molecule has 1 unspecified atom stereocenters. The van der Waals surface area contributed by atoms with E-state index in [1.54, 1.807) is 11.8 Å². The van der Waals surface area contributed by atoms with Crippen LogP contribution in [0.5, 0.6) is 0 Å². The van der Waals surface area contributed by atoms with Gasteiger partial charge in [-0.3, -0.25) is 0 Å². The molecule has 0 aliphatic carbocycles. The van der Waals surface area contributed by atoms with Gasteiger partial charge in [0.25, 0.3) is 0 Å². The topological polar surface area (TPSA) is 3.24 Å². The second-order valence-corrected chi connectivity index (χ2v) is 7.50. The maximum atomic E-state index is 5.38. The Bertz CT molecular complexity index is 167. The van der Waals surface area contributed by atoms with Crippen molar-refractivity contribution in [2.24, 2.45) is 0 Å². The van der Waals surface area contributed by atoms with Gasteiger partial charge in [-0.1, -0.05) is 37.8 Å². The van der Waals surface area contributed by atoms with Crippen LogP contribution in [0, 0.1) is 0 Å². The van der Waals surface area contributed by atoms with Crippen molar-refractivity contribution in [1.82, 2.24) is 4.90 Å². The zero-order valence-electron chi connectivity index (χ0n) is 9.74. The highest BCUT2D eigenvalue weighted by Crippen LogP contribution is 2.28. The maximum Gasteiger partial charge on any atom is 0.137 e. The summed E-state index contributed by atoms with van der Waals surface area (Å²) in [6.45, 7) is 13.0. The van der Waals surface area contributed by atoms with Crippen LogP contribution >= 0.6 is 35.7 Å². The van der Waals surface area contributed by atoms with E-state index in [1.807, 2.05) is 11.8 Å². The van der Waals surface area contributed by atoms with E-state index >= 15 is 0 Å². The third kappa shape index (κ3) is 6.14. The molecule has 14 heavy (non-hydrogen) atoms. The Labute approximate surface area is 102 Å². The quantitative estimate of drug-likeness (QED) is 0.539. The predicted octanol–water partition coefficient (Wildman–Crippen LogP) is 3.83.